The molecule has 2 unspecified atom stereocenters. The molecular weight excluding hydrogens is 290 g/mol. The quantitative estimate of drug-likeness (QED) is 0.915. The second-order valence-corrected chi connectivity index (χ2v) is 6.48. The first kappa shape index (κ1) is 15.8. The largest absolute Gasteiger partial charge is 0.506 e. The van der Waals surface area contributed by atoms with Crippen LogP contribution in [0.4, 0.5) is 0 Å². The van der Waals surface area contributed by atoms with E-state index in [2.05, 4.69) is 0 Å². The number of aliphatic hydroxyl groups is 1. The van der Waals surface area contributed by atoms with Crippen LogP contribution in [0.3, 0.4) is 0 Å². The molecule has 2 atom stereocenters. The Hall–Kier alpha value is -2.07. The van der Waals surface area contributed by atoms with Crippen LogP contribution in [0, 0.1) is 5.92 Å². The van der Waals surface area contributed by atoms with Gasteiger partial charge in [-0.3, -0.25) is 4.79 Å². The Bertz CT molecular complexity index is 713. The first-order chi connectivity index (χ1) is 11.1. The number of aromatic hydroxyl groups is 1. The number of hydrogen-bond donors (Lipinski definition) is 2. The summed E-state index contributed by atoms with van der Waals surface area (Å²) in [6.45, 7) is 0.520. The number of hydrogen-bond acceptors (Lipinski definition) is 3. The van der Waals surface area contributed by atoms with Crippen LogP contribution in [0.5, 0.6) is 5.75 Å². The molecule has 1 saturated carbocycles. The Morgan fingerprint density at radius 2 is 1.91 bits per heavy atom. The maximum absolute atomic E-state index is 12.7. The molecule has 2 aromatic rings. The predicted molar refractivity (Wildman–Crippen MR) is 90.5 cm³/mol. The summed E-state index contributed by atoms with van der Waals surface area (Å²) in [5.41, 5.74) is 0.316. The molecule has 0 aliphatic heterocycles. The number of benzene rings is 2. The fraction of sp³-hybridized carbons (Fsp3) is 0.421. The van der Waals surface area contributed by atoms with E-state index in [1.807, 2.05) is 30.3 Å². The fourth-order valence-corrected chi connectivity index (χ4v) is 3.47. The van der Waals surface area contributed by atoms with E-state index < -0.39 is 0 Å². The molecule has 1 fully saturated rings. The highest BCUT2D eigenvalue weighted by atomic mass is 16.3. The highest BCUT2D eigenvalue weighted by molar-refractivity contribution is 6.03. The van der Waals surface area contributed by atoms with Gasteiger partial charge in [-0.15, -0.1) is 0 Å². The summed E-state index contributed by atoms with van der Waals surface area (Å²) >= 11 is 0. The van der Waals surface area contributed by atoms with Gasteiger partial charge in [0, 0.05) is 24.9 Å². The molecule has 0 aromatic heterocycles. The molecule has 0 bridgehead atoms. The lowest BCUT2D eigenvalue weighted by molar-refractivity contribution is 0.0450. The van der Waals surface area contributed by atoms with Gasteiger partial charge in [0.15, 0.2) is 0 Å². The summed E-state index contributed by atoms with van der Waals surface area (Å²) in [6, 6.07) is 11.0. The van der Waals surface area contributed by atoms with Gasteiger partial charge >= 0.3 is 0 Å². The Morgan fingerprint density at radius 1 is 1.17 bits per heavy atom. The first-order valence-electron chi connectivity index (χ1n) is 8.22. The summed E-state index contributed by atoms with van der Waals surface area (Å²) in [5.74, 6) is -0.0459. The summed E-state index contributed by atoms with van der Waals surface area (Å²) in [6.07, 6.45) is 3.59. The van der Waals surface area contributed by atoms with Crippen molar-refractivity contribution in [2.75, 3.05) is 13.6 Å². The van der Waals surface area contributed by atoms with Crippen LogP contribution in [0.1, 0.15) is 36.0 Å². The maximum atomic E-state index is 12.7. The van der Waals surface area contributed by atoms with Crippen molar-refractivity contribution in [1.82, 2.24) is 4.90 Å². The minimum absolute atomic E-state index is 0.0316. The number of aliphatic hydroxyl groups excluding tert-OH is 1. The van der Waals surface area contributed by atoms with Gasteiger partial charge in [0.1, 0.15) is 5.75 Å². The van der Waals surface area contributed by atoms with Gasteiger partial charge < -0.3 is 15.1 Å². The van der Waals surface area contributed by atoms with Gasteiger partial charge in [0.05, 0.1) is 11.7 Å². The summed E-state index contributed by atoms with van der Waals surface area (Å²) < 4.78 is 0. The number of amides is 1. The average molecular weight is 313 g/mol. The molecule has 4 nitrogen and oxygen atoms in total. The highest BCUT2D eigenvalue weighted by Gasteiger charge is 2.26. The zero-order valence-electron chi connectivity index (χ0n) is 13.4. The Labute approximate surface area is 136 Å². The lowest BCUT2D eigenvalue weighted by Gasteiger charge is -2.31. The number of phenols is 1. The normalized spacial score (nSPS) is 21.3. The van der Waals surface area contributed by atoms with Gasteiger partial charge in [0.2, 0.25) is 0 Å². The minimum atomic E-state index is -0.329. The molecule has 0 saturated heterocycles. The number of fused-ring (bicyclic) bond motifs is 1. The van der Waals surface area contributed by atoms with E-state index in [0.29, 0.717) is 17.5 Å². The molecule has 2 N–H and O–H groups in total. The SMILES string of the molecule is CN(CC1CCCCC1O)C(=O)c1ccc2ccccc2c1O. The van der Waals surface area contributed by atoms with E-state index in [1.165, 1.54) is 0 Å². The Morgan fingerprint density at radius 3 is 2.70 bits per heavy atom. The topological polar surface area (TPSA) is 60.8 Å². The molecule has 2 aromatic carbocycles. The number of nitrogens with zero attached hydrogens (tertiary/aromatic N) is 1. The van der Waals surface area contributed by atoms with Crippen molar-refractivity contribution in [2.45, 2.75) is 31.8 Å². The first-order valence-corrected chi connectivity index (χ1v) is 8.22. The Balaban J connectivity index is 1.80. The number of carbonyl (C=O) groups is 1. The molecule has 23 heavy (non-hydrogen) atoms. The summed E-state index contributed by atoms with van der Waals surface area (Å²) in [4.78, 5) is 14.3. The van der Waals surface area contributed by atoms with E-state index in [4.69, 9.17) is 0 Å². The van der Waals surface area contributed by atoms with Crippen LogP contribution in [0.25, 0.3) is 10.8 Å². The van der Waals surface area contributed by atoms with Gasteiger partial charge in [-0.05, 0) is 24.3 Å². The lowest BCUT2D eigenvalue weighted by Crippen LogP contribution is -2.38. The smallest absolute Gasteiger partial charge is 0.257 e. The third-order valence-electron chi connectivity index (χ3n) is 4.86. The molecule has 0 spiro atoms. The third-order valence-corrected chi connectivity index (χ3v) is 4.86. The summed E-state index contributed by atoms with van der Waals surface area (Å²) in [7, 11) is 1.73. The van der Waals surface area contributed by atoms with Crippen LogP contribution in [-0.4, -0.2) is 40.7 Å². The van der Waals surface area contributed by atoms with Crippen LogP contribution < -0.4 is 0 Å². The molecular formula is C19H23NO3. The molecule has 0 heterocycles. The van der Waals surface area contributed by atoms with Crippen LogP contribution in [0.15, 0.2) is 36.4 Å². The number of phenolic OH excluding ortho intramolecular Hbond substituents is 1. The van der Waals surface area contributed by atoms with Crippen molar-refractivity contribution < 1.29 is 15.0 Å². The van der Waals surface area contributed by atoms with Crippen molar-refractivity contribution in [3.05, 3.63) is 42.0 Å². The van der Waals surface area contributed by atoms with Crippen molar-refractivity contribution >= 4 is 16.7 Å². The highest BCUT2D eigenvalue weighted by Crippen LogP contribution is 2.30. The van der Waals surface area contributed by atoms with Crippen LogP contribution in [0.2, 0.25) is 0 Å². The van der Waals surface area contributed by atoms with Crippen molar-refractivity contribution in [3.63, 3.8) is 0 Å². The van der Waals surface area contributed by atoms with Gasteiger partial charge in [-0.25, -0.2) is 0 Å². The average Bonchev–Trinajstić information content (AvgIpc) is 2.57. The van der Waals surface area contributed by atoms with E-state index in [9.17, 15) is 15.0 Å². The molecule has 0 radical (unpaired) electrons. The van der Waals surface area contributed by atoms with E-state index in [0.717, 1.165) is 31.1 Å². The lowest BCUT2D eigenvalue weighted by atomic mass is 9.86. The van der Waals surface area contributed by atoms with Crippen LogP contribution >= 0.6 is 0 Å². The van der Waals surface area contributed by atoms with Crippen molar-refractivity contribution in [2.24, 2.45) is 5.92 Å². The molecule has 122 valence electrons. The number of carbonyl (C=O) groups excluding carboxylic acids is 1. The molecule has 1 aliphatic carbocycles. The number of rotatable bonds is 3. The van der Waals surface area contributed by atoms with Gasteiger partial charge in [-0.1, -0.05) is 43.2 Å². The molecule has 1 amide bonds. The molecule has 1 aliphatic rings. The predicted octanol–water partition coefficient (Wildman–Crippen LogP) is 3.17. The van der Waals surface area contributed by atoms with Crippen molar-refractivity contribution in [1.29, 1.82) is 0 Å². The fourth-order valence-electron chi connectivity index (χ4n) is 3.47. The maximum Gasteiger partial charge on any atom is 0.257 e. The minimum Gasteiger partial charge on any atom is -0.506 e. The third kappa shape index (κ3) is 3.17. The van der Waals surface area contributed by atoms with E-state index >= 15 is 0 Å². The zero-order chi connectivity index (χ0) is 16.4. The van der Waals surface area contributed by atoms with Crippen LogP contribution in [-0.2, 0) is 0 Å². The van der Waals surface area contributed by atoms with E-state index in [1.54, 1.807) is 18.0 Å². The zero-order valence-corrected chi connectivity index (χ0v) is 13.4. The summed E-state index contributed by atoms with van der Waals surface area (Å²) in [5, 5.41) is 22.1. The standard InChI is InChI=1S/C19H23NO3/c1-20(12-14-7-3-5-9-17(14)21)19(23)16-11-10-13-6-2-4-8-15(13)18(16)22/h2,4,6,8,10-11,14,17,21-22H,3,5,7,9,12H2,1H3. The van der Waals surface area contributed by atoms with E-state index in [-0.39, 0.29) is 23.7 Å². The second kappa shape index (κ2) is 6.59. The van der Waals surface area contributed by atoms with Crippen molar-refractivity contribution in [3.8, 4) is 5.75 Å². The van der Waals surface area contributed by atoms with Gasteiger partial charge in [0.25, 0.3) is 5.91 Å². The van der Waals surface area contributed by atoms with Gasteiger partial charge in [-0.2, -0.15) is 0 Å². The molecule has 3 rings (SSSR count). The second-order valence-electron chi connectivity index (χ2n) is 6.48. The Kier molecular flexibility index (Phi) is 4.53. The molecule has 4 heteroatoms. The monoisotopic (exact) mass is 313 g/mol.